The van der Waals surface area contributed by atoms with E-state index in [4.69, 9.17) is 5.26 Å². The topological polar surface area (TPSA) is 95.0 Å². The van der Waals surface area contributed by atoms with Gasteiger partial charge < -0.3 is 4.57 Å². The number of nitriles is 1. The van der Waals surface area contributed by atoms with Crippen LogP contribution in [0.2, 0.25) is 0 Å². The largest absolute Gasteiger partial charge is 0.346 e. The Balaban J connectivity index is 1.92. The number of nitrogens with one attached hydrogen (secondary N) is 1. The van der Waals surface area contributed by atoms with Gasteiger partial charge >= 0.3 is 0 Å². The van der Waals surface area contributed by atoms with Crippen LogP contribution in [0.4, 0.5) is 5.69 Å². The first-order valence-electron chi connectivity index (χ1n) is 9.62. The summed E-state index contributed by atoms with van der Waals surface area (Å²) >= 11 is 0. The fourth-order valence-corrected chi connectivity index (χ4v) is 5.54. The van der Waals surface area contributed by atoms with Gasteiger partial charge in [-0.2, -0.15) is 5.26 Å². The number of para-hydroxylation sites is 1. The van der Waals surface area contributed by atoms with Crippen molar-refractivity contribution in [2.24, 2.45) is 0 Å². The zero-order valence-corrected chi connectivity index (χ0v) is 18.3. The van der Waals surface area contributed by atoms with E-state index in [-0.39, 0.29) is 17.0 Å². The van der Waals surface area contributed by atoms with E-state index in [1.807, 2.05) is 42.0 Å². The molecule has 0 aliphatic carbocycles. The Kier molecular flexibility index (Phi) is 6.06. The van der Waals surface area contributed by atoms with Gasteiger partial charge in [0.05, 0.1) is 12.5 Å². The number of aromatic nitrogens is 1. The minimum atomic E-state index is -3.92. The lowest BCUT2D eigenvalue weighted by Crippen LogP contribution is -2.36. The van der Waals surface area contributed by atoms with Crippen LogP contribution in [0, 0.1) is 30.1 Å². The van der Waals surface area contributed by atoms with Gasteiger partial charge in [-0.1, -0.05) is 24.3 Å². The number of nitroso groups, excluding NO2 is 1. The molecular formula is C22H25N4O3S+. The third-order valence-corrected chi connectivity index (χ3v) is 6.76. The summed E-state index contributed by atoms with van der Waals surface area (Å²) in [6.45, 7) is 5.67. The predicted molar refractivity (Wildman–Crippen MR) is 116 cm³/mol. The number of hydrogen-bond donors (Lipinski definition) is 1. The second-order valence-electron chi connectivity index (χ2n) is 7.61. The lowest BCUT2D eigenvalue weighted by Gasteiger charge is -2.17. The second-order valence-corrected chi connectivity index (χ2v) is 9.26. The van der Waals surface area contributed by atoms with Crippen molar-refractivity contribution < 1.29 is 13.2 Å². The number of fused-ring (bicyclic) bond motifs is 1. The highest BCUT2D eigenvalue weighted by Crippen LogP contribution is 2.29. The van der Waals surface area contributed by atoms with Gasteiger partial charge in [-0.15, -0.1) is 0 Å². The van der Waals surface area contributed by atoms with E-state index in [2.05, 4.69) is 10.8 Å². The third-order valence-electron chi connectivity index (χ3n) is 4.97. The minimum absolute atomic E-state index is 0.0000151. The molecule has 0 spiro atoms. The van der Waals surface area contributed by atoms with E-state index in [9.17, 15) is 13.3 Å². The number of benzene rings is 2. The molecule has 0 unspecified atom stereocenters. The number of nitrogens with zero attached hydrogens (tertiary/aromatic N) is 3. The Morgan fingerprint density at radius 1 is 1.23 bits per heavy atom. The van der Waals surface area contributed by atoms with Crippen LogP contribution in [0.25, 0.3) is 10.9 Å². The van der Waals surface area contributed by atoms with Gasteiger partial charge in [-0.25, -0.2) is 13.1 Å². The third kappa shape index (κ3) is 4.27. The molecule has 0 aliphatic heterocycles. The Morgan fingerprint density at radius 3 is 2.60 bits per heavy atom. The summed E-state index contributed by atoms with van der Waals surface area (Å²) in [7, 11) is -2.63. The molecule has 3 rings (SSSR count). The molecule has 30 heavy (non-hydrogen) atoms. The highest BCUT2D eigenvalue weighted by Gasteiger charge is 2.30. The molecule has 1 N–H and O–H groups in total. The lowest BCUT2D eigenvalue weighted by molar-refractivity contribution is -0.431. The van der Waals surface area contributed by atoms with Gasteiger partial charge in [-0.3, -0.25) is 0 Å². The van der Waals surface area contributed by atoms with Crippen molar-refractivity contribution in [1.82, 2.24) is 9.29 Å². The summed E-state index contributed by atoms with van der Waals surface area (Å²) < 4.78 is 31.5. The van der Waals surface area contributed by atoms with E-state index in [0.29, 0.717) is 16.9 Å². The molecular weight excluding hydrogens is 400 g/mol. The van der Waals surface area contributed by atoms with Crippen molar-refractivity contribution >= 4 is 26.6 Å². The Bertz CT molecular complexity index is 1270. The molecule has 2 aromatic carbocycles. The molecule has 0 saturated heterocycles. The number of aryl methyl sites for hydroxylation is 2. The molecule has 0 fully saturated rings. The Hall–Kier alpha value is -3.02. The van der Waals surface area contributed by atoms with Crippen molar-refractivity contribution in [2.75, 3.05) is 7.05 Å². The zero-order valence-electron chi connectivity index (χ0n) is 17.5. The normalized spacial score (nSPS) is 12.6. The van der Waals surface area contributed by atoms with Gasteiger partial charge in [0.2, 0.25) is 10.0 Å². The predicted octanol–water partition coefficient (Wildman–Crippen LogP) is 3.73. The first-order valence-corrected chi connectivity index (χ1v) is 11.1. The SMILES string of the molecule is Cc1cc(C)c(S(=O)(=O)N[C@@H](C)Cn2cc(CC#N)c3ccccc32)c([N+](C)=O)c1. The van der Waals surface area contributed by atoms with Crippen LogP contribution >= 0.6 is 0 Å². The van der Waals surface area contributed by atoms with Crippen LogP contribution in [-0.2, 0) is 23.0 Å². The van der Waals surface area contributed by atoms with E-state index in [0.717, 1.165) is 22.0 Å². The Morgan fingerprint density at radius 2 is 1.93 bits per heavy atom. The monoisotopic (exact) mass is 425 g/mol. The standard InChI is InChI=1S/C22H25N4O3S/c1-15-11-16(2)22(21(12-15)25(4)27)30(28,29)24-17(3)13-26-14-18(9-10-23)19-7-5-6-8-20(19)26/h5-8,11-12,14,17,24H,9,13H2,1-4H3/q+1/t17-/m0/s1. The van der Waals surface area contributed by atoms with E-state index in [1.54, 1.807) is 26.0 Å². The quantitative estimate of drug-likeness (QED) is 0.584. The molecule has 7 nitrogen and oxygen atoms in total. The maximum atomic E-state index is 13.1. The van der Waals surface area contributed by atoms with Crippen LogP contribution in [0.5, 0.6) is 0 Å². The average molecular weight is 426 g/mol. The van der Waals surface area contributed by atoms with Crippen molar-refractivity contribution in [2.45, 2.75) is 44.7 Å². The van der Waals surface area contributed by atoms with Crippen LogP contribution < -0.4 is 4.72 Å². The highest BCUT2D eigenvalue weighted by atomic mass is 32.2. The van der Waals surface area contributed by atoms with Crippen LogP contribution in [0.1, 0.15) is 23.6 Å². The van der Waals surface area contributed by atoms with Crippen molar-refractivity contribution in [3.8, 4) is 6.07 Å². The number of hydrogen-bond acceptors (Lipinski definition) is 4. The first-order chi connectivity index (χ1) is 14.1. The van der Waals surface area contributed by atoms with E-state index < -0.39 is 16.1 Å². The van der Waals surface area contributed by atoms with E-state index in [1.165, 1.54) is 7.05 Å². The maximum absolute atomic E-state index is 13.1. The smallest absolute Gasteiger partial charge is 0.276 e. The van der Waals surface area contributed by atoms with E-state index >= 15 is 0 Å². The van der Waals surface area contributed by atoms with Crippen molar-refractivity contribution in [3.63, 3.8) is 0 Å². The molecule has 0 saturated carbocycles. The average Bonchev–Trinajstić information content (AvgIpc) is 2.98. The fourth-order valence-electron chi connectivity index (χ4n) is 3.87. The van der Waals surface area contributed by atoms with Gasteiger partial charge in [-0.05, 0) is 43.5 Å². The molecule has 3 aromatic rings. The highest BCUT2D eigenvalue weighted by molar-refractivity contribution is 7.89. The molecule has 156 valence electrons. The van der Waals surface area contributed by atoms with Crippen LogP contribution in [0.3, 0.4) is 0 Å². The summed E-state index contributed by atoms with van der Waals surface area (Å²) in [5.74, 6) is 0. The number of rotatable bonds is 7. The van der Waals surface area contributed by atoms with Crippen LogP contribution in [-0.4, -0.2) is 30.8 Å². The van der Waals surface area contributed by atoms with Gasteiger partial charge in [0, 0.05) is 45.4 Å². The fraction of sp³-hybridized carbons (Fsp3) is 0.318. The molecule has 0 radical (unpaired) electrons. The molecule has 1 heterocycles. The molecule has 0 amide bonds. The van der Waals surface area contributed by atoms with Crippen molar-refractivity contribution in [1.29, 1.82) is 5.26 Å². The second kappa shape index (κ2) is 8.38. The summed E-state index contributed by atoms with van der Waals surface area (Å²) in [6, 6.07) is 12.8. The molecule has 0 aliphatic rings. The first kappa shape index (κ1) is 21.7. The maximum Gasteiger partial charge on any atom is 0.276 e. The minimum Gasteiger partial charge on any atom is -0.346 e. The Labute approximate surface area is 176 Å². The summed E-state index contributed by atoms with van der Waals surface area (Å²) in [4.78, 5) is 12.0. The zero-order chi connectivity index (χ0) is 22.1. The van der Waals surface area contributed by atoms with Gasteiger partial charge in [0.15, 0.2) is 11.9 Å². The molecule has 0 bridgehead atoms. The summed E-state index contributed by atoms with van der Waals surface area (Å²) in [5.41, 5.74) is 3.32. The molecule has 1 atom stereocenters. The number of sulfonamides is 1. The van der Waals surface area contributed by atoms with Gasteiger partial charge in [0.25, 0.3) is 5.69 Å². The lowest BCUT2D eigenvalue weighted by atomic mass is 10.1. The van der Waals surface area contributed by atoms with Crippen molar-refractivity contribution in [3.05, 3.63) is 64.2 Å². The molecule has 1 aromatic heterocycles. The summed E-state index contributed by atoms with van der Waals surface area (Å²) in [5, 5.41) is 10.1. The molecule has 8 heteroatoms. The van der Waals surface area contributed by atoms with Crippen LogP contribution in [0.15, 0.2) is 47.5 Å². The summed E-state index contributed by atoms with van der Waals surface area (Å²) in [6.07, 6.45) is 2.18. The van der Waals surface area contributed by atoms with Gasteiger partial charge in [0.1, 0.15) is 0 Å².